The minimum Gasteiger partial charge on any atom is -0.479 e. The van der Waals surface area contributed by atoms with Crippen molar-refractivity contribution in [2.75, 3.05) is 0 Å². The normalized spacial score (nSPS) is 12.8. The highest BCUT2D eigenvalue weighted by molar-refractivity contribution is 7.19. The van der Waals surface area contributed by atoms with Crippen molar-refractivity contribution in [3.8, 4) is 0 Å². The third-order valence-electron chi connectivity index (χ3n) is 2.41. The van der Waals surface area contributed by atoms with E-state index in [2.05, 4.69) is 0 Å². The number of rotatable bonds is 4. The molecule has 0 amide bonds. The maximum absolute atomic E-state index is 10.6. The van der Waals surface area contributed by atoms with Gasteiger partial charge in [-0.05, 0) is 13.0 Å². The molecular formula is C12H11ClO3S. The summed E-state index contributed by atoms with van der Waals surface area (Å²) in [7, 11) is 0. The molecule has 3 nitrogen and oxygen atoms in total. The molecule has 2 aromatic rings. The van der Waals surface area contributed by atoms with Crippen molar-refractivity contribution in [3.05, 3.63) is 34.2 Å². The van der Waals surface area contributed by atoms with Crippen molar-refractivity contribution in [2.45, 2.75) is 19.6 Å². The maximum atomic E-state index is 10.6. The minimum absolute atomic E-state index is 0.228. The van der Waals surface area contributed by atoms with E-state index in [1.165, 1.54) is 18.3 Å². The van der Waals surface area contributed by atoms with Gasteiger partial charge in [-0.1, -0.05) is 29.8 Å². The van der Waals surface area contributed by atoms with E-state index in [4.69, 9.17) is 21.4 Å². The molecule has 90 valence electrons. The Hall–Kier alpha value is -1.10. The van der Waals surface area contributed by atoms with Gasteiger partial charge in [0.05, 0.1) is 16.5 Å². The molecule has 0 saturated carbocycles. The first kappa shape index (κ1) is 12.4. The van der Waals surface area contributed by atoms with E-state index in [-0.39, 0.29) is 6.61 Å². The standard InChI is InChI=1S/C12H11ClO3S/c1-7(12(14)15)16-6-10-11(13)8-4-2-3-5-9(8)17-10/h2-5,7H,6H2,1H3,(H,14,15). The largest absolute Gasteiger partial charge is 0.479 e. The van der Waals surface area contributed by atoms with Crippen LogP contribution in [0.4, 0.5) is 0 Å². The van der Waals surface area contributed by atoms with Gasteiger partial charge in [-0.25, -0.2) is 4.79 Å². The fourth-order valence-corrected chi connectivity index (χ4v) is 2.84. The highest BCUT2D eigenvalue weighted by atomic mass is 35.5. The lowest BCUT2D eigenvalue weighted by molar-refractivity contribution is -0.149. The summed E-state index contributed by atoms with van der Waals surface area (Å²) >= 11 is 7.73. The Kier molecular flexibility index (Phi) is 3.66. The summed E-state index contributed by atoms with van der Waals surface area (Å²) in [6, 6.07) is 7.79. The number of carboxylic acid groups (broad SMARTS) is 1. The Balaban J connectivity index is 2.19. The van der Waals surface area contributed by atoms with Crippen molar-refractivity contribution in [3.63, 3.8) is 0 Å². The number of thiophene rings is 1. The van der Waals surface area contributed by atoms with Crippen LogP contribution in [0.1, 0.15) is 11.8 Å². The molecule has 0 fully saturated rings. The van der Waals surface area contributed by atoms with E-state index < -0.39 is 12.1 Å². The zero-order valence-corrected chi connectivity index (χ0v) is 10.7. The topological polar surface area (TPSA) is 46.5 Å². The van der Waals surface area contributed by atoms with Crippen molar-refractivity contribution in [1.29, 1.82) is 0 Å². The van der Waals surface area contributed by atoms with Crippen LogP contribution in [0.25, 0.3) is 10.1 Å². The molecule has 0 spiro atoms. The molecule has 0 aliphatic rings. The molecule has 0 aliphatic heterocycles. The number of benzene rings is 1. The zero-order chi connectivity index (χ0) is 12.4. The smallest absolute Gasteiger partial charge is 0.332 e. The third kappa shape index (κ3) is 2.60. The highest BCUT2D eigenvalue weighted by Crippen LogP contribution is 2.35. The molecule has 1 heterocycles. The van der Waals surface area contributed by atoms with E-state index in [0.29, 0.717) is 5.02 Å². The number of hydrogen-bond acceptors (Lipinski definition) is 3. The summed E-state index contributed by atoms with van der Waals surface area (Å²) in [5.74, 6) is -0.970. The van der Waals surface area contributed by atoms with Crippen LogP contribution < -0.4 is 0 Å². The number of ether oxygens (including phenoxy) is 1. The molecule has 1 unspecified atom stereocenters. The lowest BCUT2D eigenvalue weighted by Gasteiger charge is -2.06. The summed E-state index contributed by atoms with van der Waals surface area (Å²) in [4.78, 5) is 11.5. The molecule has 2 rings (SSSR count). The van der Waals surface area contributed by atoms with Crippen LogP contribution in [0.5, 0.6) is 0 Å². The van der Waals surface area contributed by atoms with Gasteiger partial charge in [-0.3, -0.25) is 0 Å². The van der Waals surface area contributed by atoms with Gasteiger partial charge in [0.1, 0.15) is 0 Å². The second-order valence-electron chi connectivity index (χ2n) is 3.63. The fraction of sp³-hybridized carbons (Fsp3) is 0.250. The molecule has 1 N–H and O–H groups in total. The number of fused-ring (bicyclic) bond motifs is 1. The summed E-state index contributed by atoms with van der Waals surface area (Å²) in [5, 5.41) is 10.4. The molecular weight excluding hydrogens is 260 g/mol. The van der Waals surface area contributed by atoms with Gasteiger partial charge < -0.3 is 9.84 Å². The number of aliphatic carboxylic acids is 1. The van der Waals surface area contributed by atoms with Crippen LogP contribution in [-0.2, 0) is 16.1 Å². The van der Waals surface area contributed by atoms with Crippen molar-refractivity contribution >= 4 is 39.0 Å². The second-order valence-corrected chi connectivity index (χ2v) is 5.14. The van der Waals surface area contributed by atoms with Crippen LogP contribution in [0.15, 0.2) is 24.3 Å². The summed E-state index contributed by atoms with van der Waals surface area (Å²) in [6.45, 7) is 1.73. The Morgan fingerprint density at radius 2 is 2.24 bits per heavy atom. The molecule has 1 aromatic heterocycles. The first-order chi connectivity index (χ1) is 8.09. The average molecular weight is 271 g/mol. The first-order valence-corrected chi connectivity index (χ1v) is 6.29. The van der Waals surface area contributed by atoms with Gasteiger partial charge >= 0.3 is 5.97 Å². The number of carbonyl (C=O) groups is 1. The third-order valence-corrected chi connectivity index (χ3v) is 4.10. The Morgan fingerprint density at radius 1 is 1.53 bits per heavy atom. The van der Waals surface area contributed by atoms with E-state index in [1.807, 2.05) is 24.3 Å². The van der Waals surface area contributed by atoms with Crippen LogP contribution in [0.3, 0.4) is 0 Å². The van der Waals surface area contributed by atoms with Crippen LogP contribution in [0, 0.1) is 0 Å². The number of hydrogen-bond donors (Lipinski definition) is 1. The maximum Gasteiger partial charge on any atom is 0.332 e. The predicted octanol–water partition coefficient (Wildman–Crippen LogP) is 3.54. The van der Waals surface area contributed by atoms with Gasteiger partial charge in [0.2, 0.25) is 0 Å². The molecule has 0 radical (unpaired) electrons. The molecule has 0 aliphatic carbocycles. The van der Waals surface area contributed by atoms with Crippen LogP contribution >= 0.6 is 22.9 Å². The summed E-state index contributed by atoms with van der Waals surface area (Å²) in [5.41, 5.74) is 0. The van der Waals surface area contributed by atoms with Crippen molar-refractivity contribution in [1.82, 2.24) is 0 Å². The monoisotopic (exact) mass is 270 g/mol. The van der Waals surface area contributed by atoms with E-state index in [9.17, 15) is 4.79 Å². The number of carboxylic acids is 1. The molecule has 0 bridgehead atoms. The molecule has 1 atom stereocenters. The molecule has 17 heavy (non-hydrogen) atoms. The second kappa shape index (κ2) is 5.04. The molecule has 1 aromatic carbocycles. The van der Waals surface area contributed by atoms with Crippen LogP contribution in [-0.4, -0.2) is 17.2 Å². The quantitative estimate of drug-likeness (QED) is 0.924. The van der Waals surface area contributed by atoms with E-state index >= 15 is 0 Å². The van der Waals surface area contributed by atoms with E-state index in [1.54, 1.807) is 0 Å². The number of halogens is 1. The van der Waals surface area contributed by atoms with Gasteiger partial charge in [0.15, 0.2) is 6.10 Å². The summed E-state index contributed by atoms with van der Waals surface area (Å²) < 4.78 is 6.31. The minimum atomic E-state index is -0.970. The zero-order valence-electron chi connectivity index (χ0n) is 9.14. The van der Waals surface area contributed by atoms with Crippen LogP contribution in [0.2, 0.25) is 5.02 Å². The van der Waals surface area contributed by atoms with Gasteiger partial charge in [0.25, 0.3) is 0 Å². The molecule has 0 saturated heterocycles. The highest BCUT2D eigenvalue weighted by Gasteiger charge is 2.14. The van der Waals surface area contributed by atoms with Gasteiger partial charge in [-0.15, -0.1) is 11.3 Å². The predicted molar refractivity (Wildman–Crippen MR) is 68.7 cm³/mol. The van der Waals surface area contributed by atoms with Gasteiger partial charge in [0, 0.05) is 10.1 Å². The molecule has 5 heteroatoms. The fourth-order valence-electron chi connectivity index (χ4n) is 1.43. The lowest BCUT2D eigenvalue weighted by atomic mass is 10.2. The van der Waals surface area contributed by atoms with Crippen molar-refractivity contribution in [2.24, 2.45) is 0 Å². The Morgan fingerprint density at radius 3 is 2.88 bits per heavy atom. The lowest BCUT2D eigenvalue weighted by Crippen LogP contribution is -2.19. The Bertz CT molecular complexity index is 550. The van der Waals surface area contributed by atoms with E-state index in [0.717, 1.165) is 15.0 Å². The van der Waals surface area contributed by atoms with Gasteiger partial charge in [-0.2, -0.15) is 0 Å². The average Bonchev–Trinajstić information content (AvgIpc) is 2.64. The SMILES string of the molecule is CC(OCc1sc2ccccc2c1Cl)C(=O)O. The van der Waals surface area contributed by atoms with Crippen molar-refractivity contribution < 1.29 is 14.6 Å². The Labute approximate surface area is 108 Å². The summed E-state index contributed by atoms with van der Waals surface area (Å²) in [6.07, 6.45) is -0.823. The first-order valence-electron chi connectivity index (χ1n) is 5.10.